The maximum Gasteiger partial charge on any atom is 0.252 e. The van der Waals surface area contributed by atoms with Gasteiger partial charge in [0, 0.05) is 34.3 Å². The molecule has 0 unspecified atom stereocenters. The van der Waals surface area contributed by atoms with Crippen molar-refractivity contribution in [3.05, 3.63) is 183 Å². The smallest absolute Gasteiger partial charge is 0.252 e. The summed E-state index contributed by atoms with van der Waals surface area (Å²) in [5.41, 5.74) is 7.14. The van der Waals surface area contributed by atoms with Crippen molar-refractivity contribution in [2.75, 3.05) is 0 Å². The fourth-order valence-electron chi connectivity index (χ4n) is 7.52. The van der Waals surface area contributed by atoms with Gasteiger partial charge in [0.15, 0.2) is 0 Å². The predicted octanol–water partition coefficient (Wildman–Crippen LogP) is 9.20. The van der Waals surface area contributed by atoms with E-state index in [-0.39, 0.29) is 29.5 Å². The van der Waals surface area contributed by atoms with E-state index in [1.54, 1.807) is 18.3 Å². The number of hydrogen-bond donors (Lipinski definition) is 3. The Morgan fingerprint density at radius 1 is 0.642 bits per heavy atom. The van der Waals surface area contributed by atoms with Crippen LogP contribution in [0.2, 0.25) is 0 Å². The van der Waals surface area contributed by atoms with Gasteiger partial charge in [0.1, 0.15) is 0 Å². The Balaban J connectivity index is 1.10. The Bertz CT molecular complexity index is 2780. The summed E-state index contributed by atoms with van der Waals surface area (Å²) >= 11 is 0. The van der Waals surface area contributed by atoms with E-state index in [1.807, 2.05) is 75.4 Å². The SMILES string of the molecule is Cc1cc2cccnc2cc1C(=O)N[C@H](C)c1cccc2cc(C[C@@H](NC(=O)c3cc4[nH]c(=O)ccc4cc3C)c3cccc4ccccc34)ccc12. The molecule has 0 radical (unpaired) electrons. The number of aromatic nitrogens is 2. The third-order valence-electron chi connectivity index (χ3n) is 10.2. The summed E-state index contributed by atoms with van der Waals surface area (Å²) in [5.74, 6) is -0.352. The second-order valence-electron chi connectivity index (χ2n) is 13.8. The van der Waals surface area contributed by atoms with Crippen molar-refractivity contribution < 1.29 is 9.59 Å². The van der Waals surface area contributed by atoms with E-state index in [9.17, 15) is 14.4 Å². The summed E-state index contributed by atoms with van der Waals surface area (Å²) in [5, 5.41) is 12.7. The summed E-state index contributed by atoms with van der Waals surface area (Å²) < 4.78 is 0. The molecule has 0 aliphatic carbocycles. The molecule has 2 heterocycles. The number of amides is 2. The first kappa shape index (κ1) is 33.5. The van der Waals surface area contributed by atoms with Gasteiger partial charge >= 0.3 is 0 Å². The van der Waals surface area contributed by atoms with E-state index in [4.69, 9.17) is 0 Å². The van der Waals surface area contributed by atoms with Gasteiger partial charge in [-0.25, -0.2) is 0 Å². The average molecular weight is 695 g/mol. The van der Waals surface area contributed by atoms with Crippen molar-refractivity contribution in [2.24, 2.45) is 0 Å². The highest BCUT2D eigenvalue weighted by Crippen LogP contribution is 2.31. The Hall–Kier alpha value is -6.60. The van der Waals surface area contributed by atoms with Crippen molar-refractivity contribution in [3.63, 3.8) is 0 Å². The van der Waals surface area contributed by atoms with Crippen LogP contribution in [0.1, 0.15) is 67.5 Å². The highest BCUT2D eigenvalue weighted by molar-refractivity contribution is 6.01. The van der Waals surface area contributed by atoms with E-state index >= 15 is 0 Å². The number of nitrogens with one attached hydrogen (secondary N) is 3. The number of carbonyl (C=O) groups is 2. The van der Waals surface area contributed by atoms with E-state index in [0.717, 1.165) is 65.7 Å². The molecular formula is C46H38N4O3. The van der Waals surface area contributed by atoms with Crippen LogP contribution in [0.4, 0.5) is 0 Å². The van der Waals surface area contributed by atoms with Crippen LogP contribution < -0.4 is 16.2 Å². The van der Waals surface area contributed by atoms with Gasteiger partial charge in [-0.15, -0.1) is 0 Å². The first-order valence-corrected chi connectivity index (χ1v) is 17.8. The van der Waals surface area contributed by atoms with Crippen LogP contribution in [-0.4, -0.2) is 21.8 Å². The van der Waals surface area contributed by atoms with Gasteiger partial charge in [-0.1, -0.05) is 84.9 Å². The molecule has 2 amide bonds. The van der Waals surface area contributed by atoms with Crippen molar-refractivity contribution in [2.45, 2.75) is 39.3 Å². The van der Waals surface area contributed by atoms with Gasteiger partial charge in [-0.3, -0.25) is 19.4 Å². The highest BCUT2D eigenvalue weighted by atomic mass is 16.2. The molecule has 0 saturated heterocycles. The molecule has 0 spiro atoms. The number of pyridine rings is 2. The molecule has 0 saturated carbocycles. The molecule has 2 atom stereocenters. The fourth-order valence-corrected chi connectivity index (χ4v) is 7.52. The van der Waals surface area contributed by atoms with E-state index < -0.39 is 0 Å². The zero-order valence-electron chi connectivity index (χ0n) is 29.7. The number of aryl methyl sites for hydroxylation is 2. The van der Waals surface area contributed by atoms with E-state index in [1.165, 1.54) is 6.07 Å². The molecule has 7 nitrogen and oxygen atoms in total. The quantitative estimate of drug-likeness (QED) is 0.148. The summed E-state index contributed by atoms with van der Waals surface area (Å²) in [6.45, 7) is 5.87. The zero-order chi connectivity index (χ0) is 36.6. The molecule has 7 heteroatoms. The summed E-state index contributed by atoms with van der Waals surface area (Å²) in [7, 11) is 0. The number of rotatable bonds is 8. The van der Waals surface area contributed by atoms with Gasteiger partial charge in [0.25, 0.3) is 11.8 Å². The molecule has 2 aromatic heterocycles. The second-order valence-corrected chi connectivity index (χ2v) is 13.8. The summed E-state index contributed by atoms with van der Waals surface area (Å²) in [6, 6.07) is 41.0. The minimum absolute atomic E-state index is 0.141. The van der Waals surface area contributed by atoms with Crippen LogP contribution in [-0.2, 0) is 6.42 Å². The summed E-state index contributed by atoms with van der Waals surface area (Å²) in [6.07, 6.45) is 2.28. The lowest BCUT2D eigenvalue weighted by atomic mass is 9.91. The molecule has 0 fully saturated rings. The molecule has 8 aromatic rings. The Morgan fingerprint density at radius 3 is 2.17 bits per heavy atom. The monoisotopic (exact) mass is 694 g/mol. The molecule has 0 aliphatic rings. The van der Waals surface area contributed by atoms with Crippen LogP contribution in [0.25, 0.3) is 43.4 Å². The molecule has 0 bridgehead atoms. The van der Waals surface area contributed by atoms with Gasteiger partial charge in [-0.2, -0.15) is 0 Å². The van der Waals surface area contributed by atoms with Crippen molar-refractivity contribution in [1.82, 2.24) is 20.6 Å². The molecule has 8 rings (SSSR count). The molecule has 53 heavy (non-hydrogen) atoms. The Morgan fingerprint density at radius 2 is 1.32 bits per heavy atom. The molecule has 3 N–H and O–H groups in total. The van der Waals surface area contributed by atoms with Crippen LogP contribution in [0.3, 0.4) is 0 Å². The highest BCUT2D eigenvalue weighted by Gasteiger charge is 2.22. The molecular weight excluding hydrogens is 657 g/mol. The number of benzene rings is 6. The Kier molecular flexibility index (Phi) is 8.76. The largest absolute Gasteiger partial charge is 0.345 e. The normalized spacial score (nSPS) is 12.6. The van der Waals surface area contributed by atoms with Crippen molar-refractivity contribution >= 4 is 55.2 Å². The topological polar surface area (TPSA) is 104 Å². The van der Waals surface area contributed by atoms with Crippen LogP contribution >= 0.6 is 0 Å². The standard InChI is InChI=1S/C46H38N4O3/c1-27-21-33-12-8-20-47-41(33)25-39(27)45(52)48-29(3)35-14-7-11-32-23-30(16-18-37(32)35)24-43(38-15-6-10-31-9-4-5-13-36(31)38)50-46(53)40-26-42-34(22-28(40)2)17-19-44(51)49-42/h4-23,25-26,29,43H,24H2,1-3H3,(H,48,52)(H,49,51)(H,50,53)/t29-,43-/m1/s1. The lowest BCUT2D eigenvalue weighted by Crippen LogP contribution is -2.30. The minimum atomic E-state index is -0.350. The number of aromatic amines is 1. The fraction of sp³-hybridized carbons (Fsp3) is 0.130. The van der Waals surface area contributed by atoms with Gasteiger partial charge in [-0.05, 0) is 118 Å². The average Bonchev–Trinajstić information content (AvgIpc) is 3.16. The zero-order valence-corrected chi connectivity index (χ0v) is 29.7. The molecule has 260 valence electrons. The minimum Gasteiger partial charge on any atom is -0.345 e. The van der Waals surface area contributed by atoms with E-state index in [0.29, 0.717) is 23.1 Å². The number of carbonyl (C=O) groups excluding carboxylic acids is 2. The number of nitrogens with zero attached hydrogens (tertiary/aromatic N) is 1. The first-order chi connectivity index (χ1) is 25.7. The lowest BCUT2D eigenvalue weighted by molar-refractivity contribution is 0.0929. The van der Waals surface area contributed by atoms with Crippen LogP contribution in [0.15, 0.2) is 138 Å². The van der Waals surface area contributed by atoms with Crippen LogP contribution in [0.5, 0.6) is 0 Å². The maximum absolute atomic E-state index is 14.1. The van der Waals surface area contributed by atoms with Crippen molar-refractivity contribution in [3.8, 4) is 0 Å². The number of H-pyrrole nitrogens is 1. The van der Waals surface area contributed by atoms with Gasteiger partial charge in [0.2, 0.25) is 5.56 Å². The third kappa shape index (κ3) is 6.65. The summed E-state index contributed by atoms with van der Waals surface area (Å²) in [4.78, 5) is 47.0. The third-order valence-corrected chi connectivity index (χ3v) is 10.2. The van der Waals surface area contributed by atoms with E-state index in [2.05, 4.69) is 75.2 Å². The maximum atomic E-state index is 14.1. The van der Waals surface area contributed by atoms with Gasteiger partial charge in [0.05, 0.1) is 17.6 Å². The number of hydrogen-bond acceptors (Lipinski definition) is 4. The predicted molar refractivity (Wildman–Crippen MR) is 213 cm³/mol. The number of fused-ring (bicyclic) bond motifs is 4. The lowest BCUT2D eigenvalue weighted by Gasteiger charge is -2.23. The van der Waals surface area contributed by atoms with Crippen LogP contribution in [0, 0.1) is 13.8 Å². The second kappa shape index (κ2) is 13.8. The first-order valence-electron chi connectivity index (χ1n) is 17.8. The van der Waals surface area contributed by atoms with Gasteiger partial charge < -0.3 is 15.6 Å². The molecule has 6 aromatic carbocycles. The molecule has 0 aliphatic heterocycles. The van der Waals surface area contributed by atoms with Crippen molar-refractivity contribution in [1.29, 1.82) is 0 Å². The Labute approximate surface area is 306 Å².